The summed E-state index contributed by atoms with van der Waals surface area (Å²) in [6.07, 6.45) is 8.21. The van der Waals surface area contributed by atoms with Crippen LogP contribution < -0.4 is 4.72 Å². The van der Waals surface area contributed by atoms with Gasteiger partial charge in [-0.25, -0.2) is 18.1 Å². The number of nitrogens with one attached hydrogen (secondary N) is 1. The van der Waals surface area contributed by atoms with Crippen molar-refractivity contribution in [1.82, 2.24) is 14.3 Å². The van der Waals surface area contributed by atoms with E-state index in [4.69, 9.17) is 0 Å². The van der Waals surface area contributed by atoms with Crippen LogP contribution in [0.25, 0.3) is 0 Å². The van der Waals surface area contributed by atoms with Gasteiger partial charge in [0.05, 0.1) is 17.3 Å². The molecule has 0 bridgehead atoms. The molecule has 2 aromatic rings. The predicted octanol–water partition coefficient (Wildman–Crippen LogP) is 1.96. The molecule has 2 atom stereocenters. The highest BCUT2D eigenvalue weighted by atomic mass is 32.2. The van der Waals surface area contributed by atoms with Gasteiger partial charge >= 0.3 is 0 Å². The fourth-order valence-corrected chi connectivity index (χ4v) is 4.09. The molecule has 2 unspecified atom stereocenters. The Kier molecular flexibility index (Phi) is 3.58. The Hall–Kier alpha value is -1.66. The first-order valence-electron chi connectivity index (χ1n) is 6.72. The van der Waals surface area contributed by atoms with Crippen molar-refractivity contribution in [3.63, 3.8) is 0 Å². The highest BCUT2D eigenvalue weighted by Gasteiger charge is 2.32. The number of sulfonamides is 1. The molecule has 5 nitrogen and oxygen atoms in total. The molecule has 0 amide bonds. The van der Waals surface area contributed by atoms with Crippen LogP contribution in [0.4, 0.5) is 0 Å². The van der Waals surface area contributed by atoms with E-state index >= 15 is 0 Å². The zero-order chi connectivity index (χ0) is 14.0. The van der Waals surface area contributed by atoms with E-state index < -0.39 is 10.0 Å². The molecule has 1 heterocycles. The zero-order valence-corrected chi connectivity index (χ0v) is 11.8. The number of nitrogens with zero attached hydrogens (tertiary/aromatic N) is 2. The second-order valence-corrected chi connectivity index (χ2v) is 6.76. The summed E-state index contributed by atoms with van der Waals surface area (Å²) in [5.74, 6) is 0. The minimum absolute atomic E-state index is 0.0746. The van der Waals surface area contributed by atoms with Gasteiger partial charge in [0.25, 0.3) is 0 Å². The fourth-order valence-electron chi connectivity index (χ4n) is 2.77. The van der Waals surface area contributed by atoms with Crippen molar-refractivity contribution in [3.05, 3.63) is 49.1 Å². The van der Waals surface area contributed by atoms with E-state index in [-0.39, 0.29) is 12.1 Å². The summed E-state index contributed by atoms with van der Waals surface area (Å²) in [6.45, 7) is 0. The zero-order valence-electron chi connectivity index (χ0n) is 11.0. The third kappa shape index (κ3) is 2.62. The van der Waals surface area contributed by atoms with Crippen molar-refractivity contribution in [2.45, 2.75) is 36.2 Å². The minimum Gasteiger partial charge on any atom is -0.333 e. The molecule has 0 saturated heterocycles. The van der Waals surface area contributed by atoms with E-state index in [1.807, 2.05) is 16.8 Å². The first-order valence-corrected chi connectivity index (χ1v) is 8.20. The Morgan fingerprint density at radius 1 is 1.20 bits per heavy atom. The summed E-state index contributed by atoms with van der Waals surface area (Å²) in [7, 11) is -3.45. The predicted molar refractivity (Wildman–Crippen MR) is 75.7 cm³/mol. The van der Waals surface area contributed by atoms with E-state index in [0.29, 0.717) is 4.90 Å². The number of benzene rings is 1. The smallest absolute Gasteiger partial charge is 0.240 e. The molecule has 1 aliphatic carbocycles. The van der Waals surface area contributed by atoms with Crippen LogP contribution in [-0.2, 0) is 10.0 Å². The SMILES string of the molecule is O=S(=O)(NC1CCCC1n1ccnc1)c1ccccc1. The van der Waals surface area contributed by atoms with Gasteiger partial charge in [-0.3, -0.25) is 0 Å². The second-order valence-electron chi connectivity index (χ2n) is 5.05. The van der Waals surface area contributed by atoms with Crippen LogP contribution in [0.5, 0.6) is 0 Å². The molecule has 0 spiro atoms. The topological polar surface area (TPSA) is 64.0 Å². The molecule has 3 rings (SSSR count). The number of aromatic nitrogens is 2. The standard InChI is InChI=1S/C14H17N3O2S/c18-20(19,12-5-2-1-3-6-12)16-13-7-4-8-14(13)17-10-9-15-11-17/h1-3,5-6,9-11,13-14,16H,4,7-8H2. The number of hydrogen-bond donors (Lipinski definition) is 1. The van der Waals surface area contributed by atoms with Crippen molar-refractivity contribution in [1.29, 1.82) is 0 Å². The van der Waals surface area contributed by atoms with E-state index in [1.54, 1.807) is 36.8 Å². The fraction of sp³-hybridized carbons (Fsp3) is 0.357. The molecule has 0 radical (unpaired) electrons. The lowest BCUT2D eigenvalue weighted by atomic mass is 10.2. The summed E-state index contributed by atoms with van der Waals surface area (Å²) in [5, 5.41) is 0. The van der Waals surface area contributed by atoms with E-state index in [9.17, 15) is 8.42 Å². The maximum absolute atomic E-state index is 12.4. The lowest BCUT2D eigenvalue weighted by Gasteiger charge is -2.22. The van der Waals surface area contributed by atoms with Crippen LogP contribution in [0.3, 0.4) is 0 Å². The molecule has 1 aliphatic rings. The average molecular weight is 291 g/mol. The Labute approximate surface area is 118 Å². The Morgan fingerprint density at radius 3 is 2.70 bits per heavy atom. The Bertz CT molecular complexity index is 653. The third-order valence-electron chi connectivity index (χ3n) is 3.75. The molecule has 6 heteroatoms. The Balaban J connectivity index is 1.80. The summed E-state index contributed by atoms with van der Waals surface area (Å²) in [5.41, 5.74) is 0. The van der Waals surface area contributed by atoms with E-state index in [1.165, 1.54) is 0 Å². The molecule has 1 saturated carbocycles. The third-order valence-corrected chi connectivity index (χ3v) is 5.25. The number of hydrogen-bond acceptors (Lipinski definition) is 3. The lowest BCUT2D eigenvalue weighted by Crippen LogP contribution is -2.38. The molecule has 1 N–H and O–H groups in total. The van der Waals surface area contributed by atoms with E-state index in [0.717, 1.165) is 19.3 Å². The molecule has 1 aromatic heterocycles. The molecular formula is C14H17N3O2S. The van der Waals surface area contributed by atoms with Gasteiger partial charge in [0.1, 0.15) is 0 Å². The van der Waals surface area contributed by atoms with Gasteiger partial charge in [-0.1, -0.05) is 18.2 Å². The van der Waals surface area contributed by atoms with Crippen molar-refractivity contribution in [2.75, 3.05) is 0 Å². The first kappa shape index (κ1) is 13.3. The summed E-state index contributed by atoms with van der Waals surface area (Å²) in [6, 6.07) is 8.58. The summed E-state index contributed by atoms with van der Waals surface area (Å²) >= 11 is 0. The van der Waals surface area contributed by atoms with Crippen molar-refractivity contribution in [3.8, 4) is 0 Å². The van der Waals surface area contributed by atoms with Crippen LogP contribution in [0.1, 0.15) is 25.3 Å². The van der Waals surface area contributed by atoms with Gasteiger partial charge < -0.3 is 4.57 Å². The first-order chi connectivity index (χ1) is 9.67. The number of imidazole rings is 1. The largest absolute Gasteiger partial charge is 0.333 e. The molecule has 106 valence electrons. The van der Waals surface area contributed by atoms with Crippen LogP contribution in [0.15, 0.2) is 53.9 Å². The van der Waals surface area contributed by atoms with E-state index in [2.05, 4.69) is 9.71 Å². The van der Waals surface area contributed by atoms with Crippen LogP contribution in [0.2, 0.25) is 0 Å². The van der Waals surface area contributed by atoms with Gasteiger partial charge in [-0.2, -0.15) is 0 Å². The highest BCUT2D eigenvalue weighted by molar-refractivity contribution is 7.89. The van der Waals surface area contributed by atoms with Crippen LogP contribution in [0, 0.1) is 0 Å². The maximum atomic E-state index is 12.4. The maximum Gasteiger partial charge on any atom is 0.240 e. The normalized spacial score (nSPS) is 23.0. The quantitative estimate of drug-likeness (QED) is 0.936. The molecule has 20 heavy (non-hydrogen) atoms. The van der Waals surface area contributed by atoms with Gasteiger partial charge in [0.15, 0.2) is 0 Å². The van der Waals surface area contributed by atoms with Crippen molar-refractivity contribution < 1.29 is 8.42 Å². The Morgan fingerprint density at radius 2 is 2.00 bits per heavy atom. The monoisotopic (exact) mass is 291 g/mol. The van der Waals surface area contributed by atoms with Gasteiger partial charge in [0.2, 0.25) is 10.0 Å². The van der Waals surface area contributed by atoms with Gasteiger partial charge in [0, 0.05) is 18.4 Å². The van der Waals surface area contributed by atoms with Crippen molar-refractivity contribution in [2.24, 2.45) is 0 Å². The average Bonchev–Trinajstić information content (AvgIpc) is 3.10. The van der Waals surface area contributed by atoms with Gasteiger partial charge in [-0.15, -0.1) is 0 Å². The van der Waals surface area contributed by atoms with Gasteiger partial charge in [-0.05, 0) is 31.4 Å². The molecular weight excluding hydrogens is 274 g/mol. The molecule has 1 aromatic carbocycles. The number of rotatable bonds is 4. The second kappa shape index (κ2) is 5.38. The molecule has 1 fully saturated rings. The van der Waals surface area contributed by atoms with Crippen molar-refractivity contribution >= 4 is 10.0 Å². The van der Waals surface area contributed by atoms with Crippen LogP contribution in [-0.4, -0.2) is 24.0 Å². The highest BCUT2D eigenvalue weighted by Crippen LogP contribution is 2.31. The summed E-state index contributed by atoms with van der Waals surface area (Å²) < 4.78 is 29.6. The summed E-state index contributed by atoms with van der Waals surface area (Å²) in [4.78, 5) is 4.36. The lowest BCUT2D eigenvalue weighted by molar-refractivity contribution is 0.431. The molecule has 0 aliphatic heterocycles. The van der Waals surface area contributed by atoms with Crippen LogP contribution >= 0.6 is 0 Å². The minimum atomic E-state index is -3.45.